The molecule has 0 atom stereocenters. The third kappa shape index (κ3) is 3.28. The number of fused-ring (bicyclic) bond motifs is 1. The number of hydrogen-bond donors (Lipinski definition) is 1. The Hall–Kier alpha value is -1.50. The Morgan fingerprint density at radius 1 is 1.00 bits per heavy atom. The molecule has 19 heavy (non-hydrogen) atoms. The van der Waals surface area contributed by atoms with Crippen LogP contribution in [-0.2, 0) is 6.42 Å². The molecule has 2 aromatic carbocycles. The van der Waals surface area contributed by atoms with E-state index in [0.29, 0.717) is 5.75 Å². The molecule has 0 aromatic heterocycles. The van der Waals surface area contributed by atoms with Crippen LogP contribution < -0.4 is 0 Å². The van der Waals surface area contributed by atoms with E-state index in [1.54, 1.807) is 0 Å². The Morgan fingerprint density at radius 3 is 2.53 bits per heavy atom. The van der Waals surface area contributed by atoms with Crippen molar-refractivity contribution in [3.05, 3.63) is 41.5 Å². The molecule has 2 aromatic rings. The van der Waals surface area contributed by atoms with Gasteiger partial charge in [0.1, 0.15) is 5.75 Å². The van der Waals surface area contributed by atoms with Gasteiger partial charge in [0, 0.05) is 5.56 Å². The highest BCUT2D eigenvalue weighted by molar-refractivity contribution is 5.88. The Labute approximate surface area is 116 Å². The highest BCUT2D eigenvalue weighted by atomic mass is 16.3. The van der Waals surface area contributed by atoms with Crippen molar-refractivity contribution >= 4 is 10.8 Å². The van der Waals surface area contributed by atoms with Crippen molar-refractivity contribution in [1.82, 2.24) is 0 Å². The van der Waals surface area contributed by atoms with E-state index in [1.165, 1.54) is 42.9 Å². The fourth-order valence-electron chi connectivity index (χ4n) is 2.72. The van der Waals surface area contributed by atoms with Gasteiger partial charge >= 0.3 is 0 Å². The van der Waals surface area contributed by atoms with Crippen molar-refractivity contribution in [3.8, 4) is 5.75 Å². The SMILES string of the molecule is CCCCCCCc1c(O)c(C)cc2ccccc12. The van der Waals surface area contributed by atoms with Gasteiger partial charge in [0.15, 0.2) is 0 Å². The van der Waals surface area contributed by atoms with Crippen LogP contribution >= 0.6 is 0 Å². The Kier molecular flexibility index (Phi) is 4.84. The van der Waals surface area contributed by atoms with Gasteiger partial charge in [0.2, 0.25) is 0 Å². The van der Waals surface area contributed by atoms with Crippen molar-refractivity contribution in [1.29, 1.82) is 0 Å². The van der Waals surface area contributed by atoms with Crippen molar-refractivity contribution in [2.24, 2.45) is 0 Å². The fraction of sp³-hybridized carbons (Fsp3) is 0.444. The van der Waals surface area contributed by atoms with E-state index in [0.717, 1.165) is 17.5 Å². The number of hydrogen-bond acceptors (Lipinski definition) is 1. The first-order valence-corrected chi connectivity index (χ1v) is 7.44. The molecule has 0 saturated carbocycles. The maximum atomic E-state index is 10.3. The second kappa shape index (κ2) is 6.60. The maximum absolute atomic E-state index is 10.3. The van der Waals surface area contributed by atoms with Crippen LogP contribution in [0.15, 0.2) is 30.3 Å². The van der Waals surface area contributed by atoms with Gasteiger partial charge in [-0.05, 0) is 42.2 Å². The van der Waals surface area contributed by atoms with Crippen LogP contribution in [0.4, 0.5) is 0 Å². The van der Waals surface area contributed by atoms with Crippen LogP contribution in [0.5, 0.6) is 5.75 Å². The van der Waals surface area contributed by atoms with Crippen LogP contribution in [0, 0.1) is 6.92 Å². The second-order valence-electron chi connectivity index (χ2n) is 5.41. The van der Waals surface area contributed by atoms with Crippen LogP contribution in [0.2, 0.25) is 0 Å². The Balaban J connectivity index is 2.18. The quantitative estimate of drug-likeness (QED) is 0.689. The standard InChI is InChI=1S/C18H24O/c1-3-4-5-6-7-12-17-16-11-9-8-10-15(16)13-14(2)18(17)19/h8-11,13,19H,3-7,12H2,1-2H3. The molecule has 0 fully saturated rings. The molecule has 2 rings (SSSR count). The van der Waals surface area contributed by atoms with Gasteiger partial charge in [-0.25, -0.2) is 0 Å². The van der Waals surface area contributed by atoms with Crippen molar-refractivity contribution < 1.29 is 5.11 Å². The summed E-state index contributed by atoms with van der Waals surface area (Å²) in [5, 5.41) is 12.7. The molecule has 0 saturated heterocycles. The largest absolute Gasteiger partial charge is 0.507 e. The third-order valence-corrected chi connectivity index (χ3v) is 3.85. The van der Waals surface area contributed by atoms with E-state index in [4.69, 9.17) is 0 Å². The summed E-state index contributed by atoms with van der Waals surface area (Å²) in [5.74, 6) is 0.495. The number of phenolic OH excluding ortho intramolecular Hbond substituents is 1. The number of phenols is 1. The summed E-state index contributed by atoms with van der Waals surface area (Å²) in [7, 11) is 0. The number of rotatable bonds is 6. The summed E-state index contributed by atoms with van der Waals surface area (Å²) < 4.78 is 0. The minimum Gasteiger partial charge on any atom is -0.507 e. The number of aromatic hydroxyl groups is 1. The van der Waals surface area contributed by atoms with Crippen LogP contribution in [0.3, 0.4) is 0 Å². The summed E-state index contributed by atoms with van der Waals surface area (Å²) >= 11 is 0. The minimum absolute atomic E-state index is 0.495. The number of benzene rings is 2. The van der Waals surface area contributed by atoms with Gasteiger partial charge in [-0.3, -0.25) is 0 Å². The maximum Gasteiger partial charge on any atom is 0.122 e. The van der Waals surface area contributed by atoms with E-state index >= 15 is 0 Å². The smallest absolute Gasteiger partial charge is 0.122 e. The number of unbranched alkanes of at least 4 members (excludes halogenated alkanes) is 4. The molecule has 1 heteroatoms. The zero-order valence-corrected chi connectivity index (χ0v) is 12.1. The molecule has 0 aliphatic carbocycles. The molecule has 102 valence electrons. The first kappa shape index (κ1) is 13.9. The lowest BCUT2D eigenvalue weighted by atomic mass is 9.95. The van der Waals surface area contributed by atoms with E-state index in [1.807, 2.05) is 6.92 Å². The average Bonchev–Trinajstić information content (AvgIpc) is 2.42. The molecule has 0 bridgehead atoms. The van der Waals surface area contributed by atoms with Crippen LogP contribution in [-0.4, -0.2) is 5.11 Å². The summed E-state index contributed by atoms with van der Waals surface area (Å²) in [6.07, 6.45) is 7.31. The lowest BCUT2D eigenvalue weighted by molar-refractivity contribution is 0.463. The second-order valence-corrected chi connectivity index (χ2v) is 5.41. The van der Waals surface area contributed by atoms with Gasteiger partial charge in [0.25, 0.3) is 0 Å². The molecule has 1 nitrogen and oxygen atoms in total. The zero-order chi connectivity index (χ0) is 13.7. The monoisotopic (exact) mass is 256 g/mol. The van der Waals surface area contributed by atoms with Gasteiger partial charge in [0.05, 0.1) is 0 Å². The Morgan fingerprint density at radius 2 is 1.74 bits per heavy atom. The molecular formula is C18H24O. The predicted octanol–water partition coefficient (Wildman–Crippen LogP) is 5.37. The lowest BCUT2D eigenvalue weighted by Gasteiger charge is -2.12. The molecule has 0 aliphatic rings. The lowest BCUT2D eigenvalue weighted by Crippen LogP contribution is -1.92. The molecule has 0 heterocycles. The topological polar surface area (TPSA) is 20.2 Å². The molecule has 0 radical (unpaired) electrons. The molecule has 0 spiro atoms. The number of aryl methyl sites for hydroxylation is 2. The molecule has 0 unspecified atom stereocenters. The van der Waals surface area contributed by atoms with Gasteiger partial charge in [-0.2, -0.15) is 0 Å². The van der Waals surface area contributed by atoms with Gasteiger partial charge < -0.3 is 5.11 Å². The highest BCUT2D eigenvalue weighted by Gasteiger charge is 2.09. The Bertz CT molecular complexity index is 543. The summed E-state index contributed by atoms with van der Waals surface area (Å²) in [6.45, 7) is 4.22. The van der Waals surface area contributed by atoms with Gasteiger partial charge in [-0.15, -0.1) is 0 Å². The highest BCUT2D eigenvalue weighted by Crippen LogP contribution is 2.32. The van der Waals surface area contributed by atoms with Crippen molar-refractivity contribution in [2.45, 2.75) is 52.4 Å². The van der Waals surface area contributed by atoms with E-state index in [-0.39, 0.29) is 0 Å². The summed E-state index contributed by atoms with van der Waals surface area (Å²) in [5.41, 5.74) is 2.12. The molecule has 1 N–H and O–H groups in total. The van der Waals surface area contributed by atoms with E-state index < -0.39 is 0 Å². The average molecular weight is 256 g/mol. The minimum atomic E-state index is 0.495. The zero-order valence-electron chi connectivity index (χ0n) is 12.1. The van der Waals surface area contributed by atoms with Crippen molar-refractivity contribution in [2.75, 3.05) is 0 Å². The first-order chi connectivity index (χ1) is 9.24. The summed E-state index contributed by atoms with van der Waals surface area (Å²) in [6, 6.07) is 10.4. The predicted molar refractivity (Wildman–Crippen MR) is 82.8 cm³/mol. The fourth-order valence-corrected chi connectivity index (χ4v) is 2.72. The third-order valence-electron chi connectivity index (χ3n) is 3.85. The molecular weight excluding hydrogens is 232 g/mol. The van der Waals surface area contributed by atoms with Gasteiger partial charge in [-0.1, -0.05) is 56.9 Å². The van der Waals surface area contributed by atoms with Crippen LogP contribution in [0.25, 0.3) is 10.8 Å². The first-order valence-electron chi connectivity index (χ1n) is 7.44. The summed E-state index contributed by atoms with van der Waals surface area (Å²) in [4.78, 5) is 0. The van der Waals surface area contributed by atoms with Crippen molar-refractivity contribution in [3.63, 3.8) is 0 Å². The van der Waals surface area contributed by atoms with E-state index in [9.17, 15) is 5.11 Å². The van der Waals surface area contributed by atoms with Crippen LogP contribution in [0.1, 0.15) is 50.2 Å². The van der Waals surface area contributed by atoms with E-state index in [2.05, 4.69) is 37.3 Å². The molecule has 0 aliphatic heterocycles. The molecule has 0 amide bonds. The normalized spacial score (nSPS) is 11.1.